The van der Waals surface area contributed by atoms with Crippen LogP contribution in [0.4, 0.5) is 0 Å². The maximum atomic E-state index is 13.0. The number of hydrogen-bond acceptors (Lipinski definition) is 4. The molecule has 2 heterocycles. The fourth-order valence-electron chi connectivity index (χ4n) is 2.88. The Bertz CT molecular complexity index is 862. The molecule has 0 N–H and O–H groups in total. The molecule has 1 unspecified atom stereocenters. The molecule has 1 saturated heterocycles. The zero-order chi connectivity index (χ0) is 17.2. The average Bonchev–Trinajstić information content (AvgIpc) is 2.57. The first kappa shape index (κ1) is 16.5. The Morgan fingerprint density at radius 3 is 2.46 bits per heavy atom. The van der Waals surface area contributed by atoms with Gasteiger partial charge in [-0.05, 0) is 30.2 Å². The van der Waals surface area contributed by atoms with Crippen LogP contribution in [0, 0.1) is 0 Å². The summed E-state index contributed by atoms with van der Waals surface area (Å²) < 4.78 is 25.5. The Hall–Kier alpha value is -2.31. The first-order chi connectivity index (χ1) is 11.5. The summed E-state index contributed by atoms with van der Waals surface area (Å²) in [6.07, 6.45) is 4.94. The predicted octanol–water partition coefficient (Wildman–Crippen LogP) is 2.44. The minimum atomic E-state index is -3.48. The van der Waals surface area contributed by atoms with Crippen molar-refractivity contribution in [1.29, 1.82) is 0 Å². The first-order valence-electron chi connectivity index (χ1n) is 7.64. The van der Waals surface area contributed by atoms with Crippen LogP contribution >= 0.6 is 0 Å². The monoisotopic (exact) mass is 342 g/mol. The van der Waals surface area contributed by atoms with Gasteiger partial charge in [0.15, 0.2) is 5.78 Å². The molecule has 0 radical (unpaired) electrons. The number of rotatable bonds is 3. The maximum Gasteiger partial charge on any atom is 0.212 e. The molecular weight excluding hydrogens is 324 g/mol. The van der Waals surface area contributed by atoms with Crippen molar-refractivity contribution in [3.8, 4) is 0 Å². The zero-order valence-electron chi connectivity index (χ0n) is 13.3. The quantitative estimate of drug-likeness (QED) is 0.804. The molecule has 1 fully saturated rings. The van der Waals surface area contributed by atoms with E-state index < -0.39 is 16.1 Å². The molecule has 1 aromatic carbocycles. The van der Waals surface area contributed by atoms with E-state index in [4.69, 9.17) is 0 Å². The predicted molar refractivity (Wildman–Crippen MR) is 92.6 cm³/mol. The Labute approximate surface area is 141 Å². The number of carbonyl (C=O) groups is 1. The Kier molecular flexibility index (Phi) is 4.59. The average molecular weight is 342 g/mol. The van der Waals surface area contributed by atoms with Crippen LogP contribution in [0.2, 0.25) is 0 Å². The number of piperidine rings is 1. The van der Waals surface area contributed by atoms with Gasteiger partial charge in [0, 0.05) is 18.3 Å². The highest BCUT2D eigenvalue weighted by Crippen LogP contribution is 2.33. The van der Waals surface area contributed by atoms with E-state index >= 15 is 0 Å². The van der Waals surface area contributed by atoms with Crippen molar-refractivity contribution in [2.24, 2.45) is 0 Å². The Morgan fingerprint density at radius 2 is 1.83 bits per heavy atom. The SMILES string of the molecule is CS(=O)(=O)N1CC/C(=C/c2ccccn2)C(=O)C1c1ccccc1. The summed E-state index contributed by atoms with van der Waals surface area (Å²) in [5.74, 6) is -0.191. The number of pyridine rings is 1. The lowest BCUT2D eigenvalue weighted by Crippen LogP contribution is -2.43. The summed E-state index contributed by atoms with van der Waals surface area (Å²) in [6.45, 7) is 0.281. The highest BCUT2D eigenvalue weighted by atomic mass is 32.2. The van der Waals surface area contributed by atoms with Crippen LogP contribution in [0.3, 0.4) is 0 Å². The van der Waals surface area contributed by atoms with Gasteiger partial charge in [-0.2, -0.15) is 4.31 Å². The van der Waals surface area contributed by atoms with Crippen LogP contribution < -0.4 is 0 Å². The Balaban J connectivity index is 2.02. The van der Waals surface area contributed by atoms with Crippen LogP contribution in [-0.4, -0.2) is 36.3 Å². The molecule has 0 spiro atoms. The third-order valence-corrected chi connectivity index (χ3v) is 5.25. The van der Waals surface area contributed by atoms with Gasteiger partial charge in [-0.1, -0.05) is 36.4 Å². The second-order valence-corrected chi connectivity index (χ2v) is 7.66. The molecule has 1 aliphatic heterocycles. The summed E-state index contributed by atoms with van der Waals surface area (Å²) in [5.41, 5.74) is 1.97. The molecule has 6 heteroatoms. The molecule has 24 heavy (non-hydrogen) atoms. The highest BCUT2D eigenvalue weighted by molar-refractivity contribution is 7.88. The third-order valence-electron chi connectivity index (χ3n) is 4.01. The number of carbonyl (C=O) groups excluding carboxylic acids is 1. The molecule has 0 aliphatic carbocycles. The van der Waals surface area contributed by atoms with Crippen molar-refractivity contribution in [3.63, 3.8) is 0 Å². The van der Waals surface area contributed by atoms with Gasteiger partial charge in [0.1, 0.15) is 6.04 Å². The van der Waals surface area contributed by atoms with E-state index in [1.165, 1.54) is 4.31 Å². The molecule has 1 aromatic heterocycles. The van der Waals surface area contributed by atoms with Crippen LogP contribution in [0.1, 0.15) is 23.7 Å². The lowest BCUT2D eigenvalue weighted by atomic mass is 9.91. The van der Waals surface area contributed by atoms with E-state index in [0.717, 1.165) is 6.26 Å². The summed E-state index contributed by atoms with van der Waals surface area (Å²) >= 11 is 0. The van der Waals surface area contributed by atoms with E-state index in [0.29, 0.717) is 23.3 Å². The van der Waals surface area contributed by atoms with E-state index in [1.807, 2.05) is 24.3 Å². The molecule has 1 atom stereocenters. The van der Waals surface area contributed by atoms with Gasteiger partial charge in [-0.25, -0.2) is 8.42 Å². The second kappa shape index (κ2) is 6.67. The number of nitrogens with zero attached hydrogens (tertiary/aromatic N) is 2. The Morgan fingerprint density at radius 1 is 1.12 bits per heavy atom. The molecule has 3 rings (SSSR count). The number of sulfonamides is 1. The van der Waals surface area contributed by atoms with E-state index in [9.17, 15) is 13.2 Å². The second-order valence-electron chi connectivity index (χ2n) is 5.73. The van der Waals surface area contributed by atoms with Gasteiger partial charge in [0.25, 0.3) is 0 Å². The number of Topliss-reactive ketones (excluding diaryl/α,β-unsaturated/α-hetero) is 1. The zero-order valence-corrected chi connectivity index (χ0v) is 14.1. The lowest BCUT2D eigenvalue weighted by molar-refractivity contribution is -0.120. The lowest BCUT2D eigenvalue weighted by Gasteiger charge is -2.34. The van der Waals surface area contributed by atoms with Gasteiger partial charge < -0.3 is 0 Å². The minimum absolute atomic E-state index is 0.191. The smallest absolute Gasteiger partial charge is 0.212 e. The normalized spacial score (nSPS) is 21.1. The van der Waals surface area contributed by atoms with Crippen molar-refractivity contribution in [2.75, 3.05) is 12.8 Å². The number of ketones is 1. The van der Waals surface area contributed by atoms with Crippen molar-refractivity contribution in [2.45, 2.75) is 12.5 Å². The van der Waals surface area contributed by atoms with Gasteiger partial charge in [-0.15, -0.1) is 0 Å². The maximum absolute atomic E-state index is 13.0. The molecule has 0 amide bonds. The minimum Gasteiger partial charge on any atom is -0.292 e. The topological polar surface area (TPSA) is 67.3 Å². The van der Waals surface area contributed by atoms with Crippen molar-refractivity contribution in [3.05, 3.63) is 71.6 Å². The van der Waals surface area contributed by atoms with Crippen molar-refractivity contribution >= 4 is 21.9 Å². The van der Waals surface area contributed by atoms with Crippen LogP contribution in [0.15, 0.2) is 60.3 Å². The van der Waals surface area contributed by atoms with Crippen LogP contribution in [0.5, 0.6) is 0 Å². The van der Waals surface area contributed by atoms with E-state index in [1.54, 1.807) is 36.5 Å². The number of hydrogen-bond donors (Lipinski definition) is 0. The highest BCUT2D eigenvalue weighted by Gasteiger charge is 2.38. The van der Waals surface area contributed by atoms with E-state index in [2.05, 4.69) is 4.98 Å². The summed E-state index contributed by atoms with van der Waals surface area (Å²) in [6, 6.07) is 13.7. The molecule has 124 valence electrons. The largest absolute Gasteiger partial charge is 0.292 e. The fourth-order valence-corrected chi connectivity index (χ4v) is 3.91. The molecule has 0 saturated carbocycles. The molecule has 5 nitrogen and oxygen atoms in total. The van der Waals surface area contributed by atoms with Crippen molar-refractivity contribution < 1.29 is 13.2 Å². The standard InChI is InChI=1S/C18H18N2O3S/c1-24(22,23)20-12-10-15(13-16-9-5-6-11-19-16)18(21)17(20)14-7-3-2-4-8-14/h2-9,11,13,17H,10,12H2,1H3/b15-13-. The fraction of sp³-hybridized carbons (Fsp3) is 0.222. The summed E-state index contributed by atoms with van der Waals surface area (Å²) in [7, 11) is -3.48. The first-order valence-corrected chi connectivity index (χ1v) is 9.49. The molecule has 0 bridgehead atoms. The van der Waals surface area contributed by atoms with Crippen LogP contribution in [-0.2, 0) is 14.8 Å². The molecule has 2 aromatic rings. The van der Waals surface area contributed by atoms with Gasteiger partial charge >= 0.3 is 0 Å². The van der Waals surface area contributed by atoms with Gasteiger partial charge in [-0.3, -0.25) is 9.78 Å². The molecule has 1 aliphatic rings. The summed E-state index contributed by atoms with van der Waals surface area (Å²) in [4.78, 5) is 17.2. The van der Waals surface area contributed by atoms with Gasteiger partial charge in [0.05, 0.1) is 11.9 Å². The summed E-state index contributed by atoms with van der Waals surface area (Å²) in [5, 5.41) is 0. The van der Waals surface area contributed by atoms with Crippen LogP contribution in [0.25, 0.3) is 6.08 Å². The molecular formula is C18H18N2O3S. The third kappa shape index (κ3) is 3.44. The number of benzene rings is 1. The van der Waals surface area contributed by atoms with E-state index in [-0.39, 0.29) is 12.3 Å². The number of aromatic nitrogens is 1. The van der Waals surface area contributed by atoms with Gasteiger partial charge in [0.2, 0.25) is 10.0 Å². The van der Waals surface area contributed by atoms with Crippen molar-refractivity contribution in [1.82, 2.24) is 9.29 Å².